The van der Waals surface area contributed by atoms with E-state index in [9.17, 15) is 9.50 Å². The molecule has 0 aliphatic heterocycles. The van der Waals surface area contributed by atoms with Gasteiger partial charge in [0.15, 0.2) is 0 Å². The van der Waals surface area contributed by atoms with Crippen LogP contribution in [-0.4, -0.2) is 17.3 Å². The molecule has 2 atom stereocenters. The molecule has 3 N–H and O–H groups in total. The SMILES string of the molecule is Cl.NCC[C@@]12CCCC[C@]1(O)CCc1c(F)cc(Cl)cc12. The van der Waals surface area contributed by atoms with Gasteiger partial charge in [0.1, 0.15) is 5.82 Å². The number of benzene rings is 1. The van der Waals surface area contributed by atoms with Crippen molar-refractivity contribution in [2.45, 2.75) is 56.0 Å². The van der Waals surface area contributed by atoms with Gasteiger partial charge in [-0.1, -0.05) is 24.4 Å². The third kappa shape index (κ3) is 2.48. The Morgan fingerprint density at radius 3 is 2.67 bits per heavy atom. The van der Waals surface area contributed by atoms with Crippen LogP contribution in [0.15, 0.2) is 12.1 Å². The van der Waals surface area contributed by atoms with E-state index in [0.29, 0.717) is 30.8 Å². The van der Waals surface area contributed by atoms with Gasteiger partial charge in [-0.25, -0.2) is 4.39 Å². The van der Waals surface area contributed by atoms with Crippen LogP contribution in [0.2, 0.25) is 5.02 Å². The zero-order valence-corrected chi connectivity index (χ0v) is 13.6. The van der Waals surface area contributed by atoms with Gasteiger partial charge < -0.3 is 10.8 Å². The lowest BCUT2D eigenvalue weighted by molar-refractivity contribution is -0.0865. The predicted molar refractivity (Wildman–Crippen MR) is 85.7 cm³/mol. The normalized spacial score (nSPS) is 31.0. The van der Waals surface area contributed by atoms with Crippen molar-refractivity contribution in [1.82, 2.24) is 0 Å². The van der Waals surface area contributed by atoms with E-state index in [1.165, 1.54) is 6.07 Å². The molecule has 1 saturated carbocycles. The van der Waals surface area contributed by atoms with Crippen LogP contribution in [0.3, 0.4) is 0 Å². The molecule has 0 radical (unpaired) electrons. The van der Waals surface area contributed by atoms with E-state index in [1.807, 2.05) is 6.07 Å². The van der Waals surface area contributed by atoms with Crippen LogP contribution in [0.1, 0.15) is 49.7 Å². The summed E-state index contributed by atoms with van der Waals surface area (Å²) in [6, 6.07) is 3.23. The van der Waals surface area contributed by atoms with Crippen molar-refractivity contribution in [2.24, 2.45) is 5.73 Å². The molecule has 0 saturated heterocycles. The topological polar surface area (TPSA) is 46.2 Å². The molecule has 1 aromatic carbocycles. The van der Waals surface area contributed by atoms with E-state index in [0.717, 1.165) is 36.8 Å². The Hall–Kier alpha value is -0.350. The first kappa shape index (κ1) is 17.0. The lowest BCUT2D eigenvalue weighted by Gasteiger charge is -2.54. The Morgan fingerprint density at radius 1 is 1.24 bits per heavy atom. The molecule has 2 aliphatic rings. The van der Waals surface area contributed by atoms with E-state index in [2.05, 4.69) is 0 Å². The van der Waals surface area contributed by atoms with Crippen molar-refractivity contribution < 1.29 is 9.50 Å². The third-order valence-electron chi connectivity index (χ3n) is 5.37. The summed E-state index contributed by atoms with van der Waals surface area (Å²) < 4.78 is 14.2. The smallest absolute Gasteiger partial charge is 0.128 e. The van der Waals surface area contributed by atoms with Crippen LogP contribution in [0.25, 0.3) is 0 Å². The molecule has 2 nitrogen and oxygen atoms in total. The highest BCUT2D eigenvalue weighted by Gasteiger charge is 2.55. The predicted octanol–water partition coefficient (Wildman–Crippen LogP) is 3.74. The van der Waals surface area contributed by atoms with Crippen molar-refractivity contribution in [3.05, 3.63) is 34.1 Å². The van der Waals surface area contributed by atoms with Crippen molar-refractivity contribution in [1.29, 1.82) is 0 Å². The summed E-state index contributed by atoms with van der Waals surface area (Å²) in [5, 5.41) is 11.6. The van der Waals surface area contributed by atoms with E-state index in [4.69, 9.17) is 17.3 Å². The van der Waals surface area contributed by atoms with Gasteiger partial charge in [-0.3, -0.25) is 0 Å². The zero-order chi connectivity index (χ0) is 14.4. The number of nitrogens with two attached hydrogens (primary N) is 1. The molecular formula is C16H22Cl2FNO. The first-order valence-corrected chi connectivity index (χ1v) is 7.81. The van der Waals surface area contributed by atoms with Gasteiger partial charge >= 0.3 is 0 Å². The van der Waals surface area contributed by atoms with Crippen molar-refractivity contribution in [2.75, 3.05) is 6.54 Å². The summed E-state index contributed by atoms with van der Waals surface area (Å²) in [4.78, 5) is 0. The number of halogens is 3. The van der Waals surface area contributed by atoms with E-state index < -0.39 is 11.0 Å². The average molecular weight is 334 g/mol. The van der Waals surface area contributed by atoms with Gasteiger partial charge in [-0.05, 0) is 61.9 Å². The van der Waals surface area contributed by atoms with Gasteiger partial charge in [-0.2, -0.15) is 0 Å². The Morgan fingerprint density at radius 2 is 1.95 bits per heavy atom. The fourth-order valence-electron chi connectivity index (χ4n) is 4.42. The van der Waals surface area contributed by atoms with Gasteiger partial charge in [-0.15, -0.1) is 12.4 Å². The number of rotatable bonds is 2. The summed E-state index contributed by atoms with van der Waals surface area (Å²) in [6.07, 6.45) is 5.63. The quantitative estimate of drug-likeness (QED) is 0.865. The molecule has 118 valence electrons. The maximum atomic E-state index is 14.2. The molecule has 0 amide bonds. The standard InChI is InChI=1S/C16H21ClFNO.ClH/c17-11-9-13-12(14(18)10-11)3-6-16(20)5-2-1-4-15(13,16)7-8-19;/h9-10,20H,1-8,19H2;1H/t15-,16+;/m1./s1. The molecule has 21 heavy (non-hydrogen) atoms. The number of fused-ring (bicyclic) bond motifs is 3. The molecule has 2 aliphatic carbocycles. The second kappa shape index (κ2) is 6.04. The maximum absolute atomic E-state index is 14.2. The molecule has 0 aromatic heterocycles. The van der Waals surface area contributed by atoms with Crippen LogP contribution < -0.4 is 5.73 Å². The highest BCUT2D eigenvalue weighted by atomic mass is 35.5. The maximum Gasteiger partial charge on any atom is 0.128 e. The van der Waals surface area contributed by atoms with E-state index >= 15 is 0 Å². The van der Waals surface area contributed by atoms with Gasteiger partial charge in [0.05, 0.1) is 5.60 Å². The molecule has 0 bridgehead atoms. The first-order chi connectivity index (χ1) is 9.52. The Balaban J connectivity index is 0.00000161. The van der Waals surface area contributed by atoms with Crippen molar-refractivity contribution in [3.8, 4) is 0 Å². The Bertz CT molecular complexity index is 535. The number of aliphatic hydroxyl groups is 1. The fraction of sp³-hybridized carbons (Fsp3) is 0.625. The molecule has 0 heterocycles. The number of hydrogen-bond acceptors (Lipinski definition) is 2. The van der Waals surface area contributed by atoms with Crippen LogP contribution in [-0.2, 0) is 11.8 Å². The highest BCUT2D eigenvalue weighted by molar-refractivity contribution is 6.30. The van der Waals surface area contributed by atoms with Crippen LogP contribution in [0.5, 0.6) is 0 Å². The van der Waals surface area contributed by atoms with Gasteiger partial charge in [0.2, 0.25) is 0 Å². The first-order valence-electron chi connectivity index (χ1n) is 7.43. The van der Waals surface area contributed by atoms with Crippen LogP contribution in [0, 0.1) is 5.82 Å². The second-order valence-electron chi connectivity index (χ2n) is 6.27. The molecule has 1 fully saturated rings. The lowest BCUT2D eigenvalue weighted by Crippen LogP contribution is -2.57. The average Bonchev–Trinajstić information content (AvgIpc) is 2.39. The third-order valence-corrected chi connectivity index (χ3v) is 5.59. The molecule has 0 spiro atoms. The Labute approximate surface area is 136 Å². The largest absolute Gasteiger partial charge is 0.389 e. The lowest BCUT2D eigenvalue weighted by atomic mass is 9.53. The Kier molecular flexibility index (Phi) is 4.89. The molecule has 5 heteroatoms. The monoisotopic (exact) mass is 333 g/mol. The summed E-state index contributed by atoms with van der Waals surface area (Å²) in [7, 11) is 0. The molecule has 0 unspecified atom stereocenters. The molecular weight excluding hydrogens is 312 g/mol. The second-order valence-corrected chi connectivity index (χ2v) is 6.71. The summed E-state index contributed by atoms with van der Waals surface area (Å²) in [5.41, 5.74) is 6.28. The van der Waals surface area contributed by atoms with Crippen molar-refractivity contribution >= 4 is 24.0 Å². The fourth-order valence-corrected chi connectivity index (χ4v) is 4.63. The minimum absolute atomic E-state index is 0. The zero-order valence-electron chi connectivity index (χ0n) is 12.0. The minimum atomic E-state index is -0.755. The van der Waals surface area contributed by atoms with Crippen LogP contribution in [0.4, 0.5) is 4.39 Å². The number of hydrogen-bond donors (Lipinski definition) is 2. The van der Waals surface area contributed by atoms with E-state index in [-0.39, 0.29) is 18.2 Å². The summed E-state index contributed by atoms with van der Waals surface area (Å²) >= 11 is 6.07. The van der Waals surface area contributed by atoms with Gasteiger partial charge in [0.25, 0.3) is 0 Å². The highest BCUT2D eigenvalue weighted by Crippen LogP contribution is 2.55. The molecule has 1 aromatic rings. The minimum Gasteiger partial charge on any atom is -0.389 e. The summed E-state index contributed by atoms with van der Waals surface area (Å²) in [6.45, 7) is 0.496. The van der Waals surface area contributed by atoms with E-state index in [1.54, 1.807) is 0 Å². The molecule has 3 rings (SSSR count). The van der Waals surface area contributed by atoms with Crippen LogP contribution >= 0.6 is 24.0 Å². The van der Waals surface area contributed by atoms with Crippen molar-refractivity contribution in [3.63, 3.8) is 0 Å². The summed E-state index contributed by atoms with van der Waals surface area (Å²) in [5.74, 6) is -0.239. The van der Waals surface area contributed by atoms with Gasteiger partial charge in [0, 0.05) is 10.4 Å².